The zero-order valence-corrected chi connectivity index (χ0v) is 18.2. The van der Waals surface area contributed by atoms with Crippen LogP contribution in [-0.2, 0) is 23.9 Å². The number of imide groups is 1. The third-order valence-corrected chi connectivity index (χ3v) is 5.60. The van der Waals surface area contributed by atoms with Gasteiger partial charge < -0.3 is 20.1 Å². The summed E-state index contributed by atoms with van der Waals surface area (Å²) in [5.74, 6) is 0.399. The number of thioether (sulfide) groups is 1. The fourth-order valence-electron chi connectivity index (χ4n) is 2.72. The van der Waals surface area contributed by atoms with Crippen LogP contribution >= 0.6 is 11.8 Å². The fourth-order valence-corrected chi connectivity index (χ4v) is 3.85. The third kappa shape index (κ3) is 10.6. The van der Waals surface area contributed by atoms with Crippen LogP contribution in [0.25, 0.3) is 0 Å². The number of alkyl carbamates (subject to hydrolysis) is 1. The number of hydrogen-bond donors (Lipinski definition) is 2. The molecule has 1 fully saturated rings. The van der Waals surface area contributed by atoms with Gasteiger partial charge in [0, 0.05) is 39.5 Å². The Bertz CT molecular complexity index is 546. The van der Waals surface area contributed by atoms with E-state index in [-0.39, 0.29) is 55.3 Å². The summed E-state index contributed by atoms with van der Waals surface area (Å²) in [6, 6.07) is 0. The summed E-state index contributed by atoms with van der Waals surface area (Å²) in [5, 5.41) is 5.45. The lowest BCUT2D eigenvalue weighted by Crippen LogP contribution is -2.33. The minimum absolute atomic E-state index is 0.0399. The lowest BCUT2D eigenvalue weighted by Gasteiger charge is -2.14. The Hall–Kier alpha value is -1.65. The topological polar surface area (TPSA) is 114 Å². The van der Waals surface area contributed by atoms with Crippen LogP contribution in [0, 0.1) is 0 Å². The van der Waals surface area contributed by atoms with Crippen molar-refractivity contribution in [3.63, 3.8) is 0 Å². The molecule has 29 heavy (non-hydrogen) atoms. The Morgan fingerprint density at radius 1 is 1.17 bits per heavy atom. The number of rotatable bonds is 16. The number of hydrogen-bond acceptors (Lipinski definition) is 8. The van der Waals surface area contributed by atoms with Crippen LogP contribution in [0.1, 0.15) is 39.0 Å². The van der Waals surface area contributed by atoms with Crippen LogP contribution in [0.5, 0.6) is 0 Å². The molecule has 166 valence electrons. The molecule has 0 aliphatic carbocycles. The molecule has 1 aliphatic heterocycles. The summed E-state index contributed by atoms with van der Waals surface area (Å²) < 4.78 is 9.61. The van der Waals surface area contributed by atoms with Crippen LogP contribution in [0.2, 0.25) is 0 Å². The molecule has 1 heterocycles. The first-order valence-electron chi connectivity index (χ1n) is 10.1. The number of carbonyl (C=O) groups is 4. The molecular formula is C19H33N3O6S. The van der Waals surface area contributed by atoms with Crippen LogP contribution in [-0.4, -0.2) is 86.1 Å². The van der Waals surface area contributed by atoms with E-state index in [9.17, 15) is 19.2 Å². The van der Waals surface area contributed by atoms with E-state index in [0.29, 0.717) is 19.6 Å². The first kappa shape index (κ1) is 25.4. The highest BCUT2D eigenvalue weighted by Crippen LogP contribution is 2.25. The van der Waals surface area contributed by atoms with Crippen molar-refractivity contribution in [3.05, 3.63) is 0 Å². The first-order valence-corrected chi connectivity index (χ1v) is 11.1. The Kier molecular flexibility index (Phi) is 13.3. The quantitative estimate of drug-likeness (QED) is 0.274. The Morgan fingerprint density at radius 3 is 2.69 bits per heavy atom. The Morgan fingerprint density at radius 2 is 1.97 bits per heavy atom. The Labute approximate surface area is 176 Å². The first-order chi connectivity index (χ1) is 14.0. The van der Waals surface area contributed by atoms with Gasteiger partial charge >= 0.3 is 6.09 Å². The normalized spacial score (nSPS) is 16.3. The maximum Gasteiger partial charge on any atom is 0.407 e. The summed E-state index contributed by atoms with van der Waals surface area (Å²) in [7, 11) is 1.52. The van der Waals surface area contributed by atoms with Crippen molar-refractivity contribution in [2.45, 2.75) is 44.3 Å². The fraction of sp³-hybridized carbons (Fsp3) is 0.789. The van der Waals surface area contributed by atoms with Gasteiger partial charge in [-0.2, -0.15) is 0 Å². The van der Waals surface area contributed by atoms with Gasteiger partial charge in [0.15, 0.2) is 0 Å². The van der Waals surface area contributed by atoms with E-state index >= 15 is 0 Å². The molecule has 2 N–H and O–H groups in total. The molecule has 0 aromatic carbocycles. The van der Waals surface area contributed by atoms with E-state index in [1.165, 1.54) is 23.8 Å². The van der Waals surface area contributed by atoms with Gasteiger partial charge in [-0.1, -0.05) is 6.92 Å². The SMILES string of the molecule is CCNCCCSC1CC(=O)N(CCC(=O)CCCNC(=O)OCCOC)C1=O. The van der Waals surface area contributed by atoms with Gasteiger partial charge in [-0.15, -0.1) is 11.8 Å². The van der Waals surface area contributed by atoms with Crippen molar-refractivity contribution in [3.8, 4) is 0 Å². The maximum atomic E-state index is 12.4. The van der Waals surface area contributed by atoms with Crippen molar-refractivity contribution in [1.82, 2.24) is 15.5 Å². The second-order valence-electron chi connectivity index (χ2n) is 6.60. The third-order valence-electron chi connectivity index (χ3n) is 4.31. The minimum atomic E-state index is -0.545. The highest BCUT2D eigenvalue weighted by molar-refractivity contribution is 8.00. The summed E-state index contributed by atoms with van der Waals surface area (Å²) in [4.78, 5) is 49.0. The molecule has 0 aromatic rings. The smallest absolute Gasteiger partial charge is 0.407 e. The van der Waals surface area contributed by atoms with Crippen molar-refractivity contribution >= 4 is 35.5 Å². The van der Waals surface area contributed by atoms with Crippen LogP contribution < -0.4 is 10.6 Å². The van der Waals surface area contributed by atoms with Gasteiger partial charge in [0.25, 0.3) is 0 Å². The van der Waals surface area contributed by atoms with Crippen LogP contribution in [0.4, 0.5) is 4.79 Å². The van der Waals surface area contributed by atoms with E-state index in [0.717, 1.165) is 25.3 Å². The lowest BCUT2D eigenvalue weighted by atomic mass is 10.1. The molecule has 0 saturated carbocycles. The number of nitrogens with zero attached hydrogens (tertiary/aromatic N) is 1. The summed E-state index contributed by atoms with van der Waals surface area (Å²) >= 11 is 1.51. The second-order valence-corrected chi connectivity index (χ2v) is 7.91. The predicted molar refractivity (Wildman–Crippen MR) is 111 cm³/mol. The van der Waals surface area contributed by atoms with Crippen LogP contribution in [0.3, 0.4) is 0 Å². The molecule has 1 unspecified atom stereocenters. The molecule has 1 rings (SSSR count). The predicted octanol–water partition coefficient (Wildman–Crippen LogP) is 0.959. The van der Waals surface area contributed by atoms with Gasteiger partial charge in [0.1, 0.15) is 12.4 Å². The number of likely N-dealkylation sites (tertiary alicyclic amines) is 1. The van der Waals surface area contributed by atoms with Crippen LogP contribution in [0.15, 0.2) is 0 Å². The molecule has 10 heteroatoms. The van der Waals surface area contributed by atoms with Gasteiger partial charge in [-0.3, -0.25) is 19.3 Å². The molecule has 3 amide bonds. The number of amides is 3. The van der Waals surface area contributed by atoms with E-state index in [1.54, 1.807) is 0 Å². The van der Waals surface area contributed by atoms with E-state index in [2.05, 4.69) is 10.6 Å². The van der Waals surface area contributed by atoms with E-state index in [4.69, 9.17) is 9.47 Å². The second kappa shape index (κ2) is 15.2. The van der Waals surface area contributed by atoms with Crippen molar-refractivity contribution in [2.75, 3.05) is 52.3 Å². The highest BCUT2D eigenvalue weighted by Gasteiger charge is 2.38. The number of ketones is 1. The highest BCUT2D eigenvalue weighted by atomic mass is 32.2. The van der Waals surface area contributed by atoms with E-state index < -0.39 is 6.09 Å². The molecule has 0 radical (unpaired) electrons. The molecule has 1 atom stereocenters. The van der Waals surface area contributed by atoms with Crippen molar-refractivity contribution in [2.24, 2.45) is 0 Å². The summed E-state index contributed by atoms with van der Waals surface area (Å²) in [5.41, 5.74) is 0. The number of ether oxygens (including phenoxy) is 2. The van der Waals surface area contributed by atoms with Gasteiger partial charge in [0.2, 0.25) is 11.8 Å². The monoisotopic (exact) mass is 431 g/mol. The summed E-state index contributed by atoms with van der Waals surface area (Å²) in [6.07, 6.45) is 1.52. The number of Topliss-reactive ketones (excluding diaryl/α,β-unsaturated/α-hetero) is 1. The Balaban J connectivity index is 2.17. The zero-order valence-electron chi connectivity index (χ0n) is 17.4. The molecular weight excluding hydrogens is 398 g/mol. The van der Waals surface area contributed by atoms with Gasteiger partial charge in [-0.25, -0.2) is 4.79 Å². The molecule has 0 bridgehead atoms. The average Bonchev–Trinajstić information content (AvgIpc) is 2.96. The van der Waals surface area contributed by atoms with Gasteiger partial charge in [0.05, 0.1) is 11.9 Å². The van der Waals surface area contributed by atoms with Crippen molar-refractivity contribution in [1.29, 1.82) is 0 Å². The average molecular weight is 432 g/mol. The summed E-state index contributed by atoms with van der Waals surface area (Å²) in [6.45, 7) is 4.82. The standard InChI is InChI=1S/C19H33N3O6S/c1-3-20-8-5-13-29-16-14-17(24)22(18(16)25)10-7-15(23)6-4-9-21-19(26)28-12-11-27-2/h16,20H,3-14H2,1-2H3,(H,21,26). The maximum absolute atomic E-state index is 12.4. The molecule has 9 nitrogen and oxygen atoms in total. The molecule has 1 saturated heterocycles. The minimum Gasteiger partial charge on any atom is -0.447 e. The molecule has 1 aliphatic rings. The lowest BCUT2D eigenvalue weighted by molar-refractivity contribution is -0.138. The zero-order chi connectivity index (χ0) is 21.5. The number of nitrogens with one attached hydrogen (secondary N) is 2. The largest absolute Gasteiger partial charge is 0.447 e. The molecule has 0 spiro atoms. The molecule has 0 aromatic heterocycles. The number of carbonyl (C=O) groups excluding carboxylic acids is 4. The number of methoxy groups -OCH3 is 1. The van der Waals surface area contributed by atoms with Gasteiger partial charge in [-0.05, 0) is 31.7 Å². The van der Waals surface area contributed by atoms with Crippen molar-refractivity contribution < 1.29 is 28.7 Å². The van der Waals surface area contributed by atoms with E-state index in [1.807, 2.05) is 6.92 Å².